The maximum Gasteiger partial charge on any atom is 0.0648 e. The van der Waals surface area contributed by atoms with Crippen molar-refractivity contribution in [3.8, 4) is 0 Å². The summed E-state index contributed by atoms with van der Waals surface area (Å²) in [6, 6.07) is 2.18. The third-order valence-electron chi connectivity index (χ3n) is 2.32. The molecule has 0 bridgehead atoms. The summed E-state index contributed by atoms with van der Waals surface area (Å²) in [6.07, 6.45) is 0. The smallest absolute Gasteiger partial charge is 0.0648 e. The first-order valence-electron chi connectivity index (χ1n) is 4.83. The van der Waals surface area contributed by atoms with Crippen LogP contribution in [0.4, 0.5) is 0 Å². The average molecular weight is 194 g/mol. The van der Waals surface area contributed by atoms with Gasteiger partial charge < -0.3 is 0 Å². The molecule has 1 unspecified atom stereocenters. The number of nitrogens with one attached hydrogen (secondary N) is 1. The first kappa shape index (κ1) is 11.1. The molecule has 0 fully saturated rings. The lowest BCUT2D eigenvalue weighted by Gasteiger charge is -2.21. The van der Waals surface area contributed by atoms with Crippen molar-refractivity contribution in [1.82, 2.24) is 15.6 Å². The van der Waals surface area contributed by atoms with Crippen LogP contribution in [0.5, 0.6) is 0 Å². The van der Waals surface area contributed by atoms with E-state index in [4.69, 9.17) is 5.84 Å². The van der Waals surface area contributed by atoms with E-state index in [9.17, 15) is 0 Å². The summed E-state index contributed by atoms with van der Waals surface area (Å²) in [5, 5.41) is 8.08. The first-order valence-corrected chi connectivity index (χ1v) is 4.83. The molecular formula is C10H18N4. The van der Waals surface area contributed by atoms with Crippen LogP contribution in [0.1, 0.15) is 36.8 Å². The van der Waals surface area contributed by atoms with Gasteiger partial charge in [0.05, 0.1) is 17.4 Å². The van der Waals surface area contributed by atoms with Gasteiger partial charge >= 0.3 is 0 Å². The molecule has 0 aliphatic carbocycles. The van der Waals surface area contributed by atoms with E-state index in [1.165, 1.54) is 0 Å². The number of nitrogens with two attached hydrogens (primary N) is 1. The molecule has 4 heteroatoms. The molecule has 0 spiro atoms. The first-order chi connectivity index (χ1) is 6.56. The van der Waals surface area contributed by atoms with Crippen LogP contribution in [0.25, 0.3) is 0 Å². The van der Waals surface area contributed by atoms with E-state index < -0.39 is 0 Å². The highest BCUT2D eigenvalue weighted by Crippen LogP contribution is 2.22. The molecule has 1 aromatic heterocycles. The van der Waals surface area contributed by atoms with Crippen molar-refractivity contribution in [2.75, 3.05) is 0 Å². The third kappa shape index (κ3) is 2.27. The fourth-order valence-electron chi connectivity index (χ4n) is 1.53. The number of aromatic nitrogens is 2. The van der Waals surface area contributed by atoms with E-state index in [0.29, 0.717) is 5.92 Å². The molecule has 0 radical (unpaired) electrons. The van der Waals surface area contributed by atoms with Crippen LogP contribution in [-0.2, 0) is 0 Å². The molecule has 1 rings (SSSR count). The van der Waals surface area contributed by atoms with E-state index in [1.807, 2.05) is 19.9 Å². The van der Waals surface area contributed by atoms with Crippen LogP contribution in [0.15, 0.2) is 6.07 Å². The van der Waals surface area contributed by atoms with Crippen molar-refractivity contribution in [3.63, 3.8) is 0 Å². The third-order valence-corrected chi connectivity index (χ3v) is 2.32. The summed E-state index contributed by atoms with van der Waals surface area (Å²) in [5.41, 5.74) is 5.81. The lowest BCUT2D eigenvalue weighted by Crippen LogP contribution is -2.32. The van der Waals surface area contributed by atoms with E-state index in [2.05, 4.69) is 29.5 Å². The highest BCUT2D eigenvalue weighted by molar-refractivity contribution is 5.23. The van der Waals surface area contributed by atoms with Crippen LogP contribution in [-0.4, -0.2) is 10.2 Å². The second kappa shape index (κ2) is 4.48. The standard InChI is InChI=1S/C10H18N4/c1-6(2)10(12-11)9-5-7(3)13-14-8(9)4/h5-6,10,12H,11H2,1-4H3. The lowest BCUT2D eigenvalue weighted by molar-refractivity contribution is 0.417. The zero-order valence-electron chi connectivity index (χ0n) is 9.20. The molecule has 0 saturated carbocycles. The monoisotopic (exact) mass is 194 g/mol. The SMILES string of the molecule is Cc1cc(C(NN)C(C)C)c(C)nn1. The topological polar surface area (TPSA) is 63.8 Å². The predicted molar refractivity (Wildman–Crippen MR) is 56.4 cm³/mol. The van der Waals surface area contributed by atoms with Gasteiger partial charge in [-0.1, -0.05) is 13.8 Å². The van der Waals surface area contributed by atoms with E-state index >= 15 is 0 Å². The molecule has 1 aromatic rings. The summed E-state index contributed by atoms with van der Waals surface area (Å²) in [4.78, 5) is 0. The fraction of sp³-hybridized carbons (Fsp3) is 0.600. The lowest BCUT2D eigenvalue weighted by atomic mass is 9.96. The predicted octanol–water partition coefficient (Wildman–Crippen LogP) is 1.25. The number of nitrogens with zero attached hydrogens (tertiary/aromatic N) is 2. The van der Waals surface area contributed by atoms with Gasteiger partial charge in [0, 0.05) is 0 Å². The minimum atomic E-state index is 0.143. The fourth-order valence-corrected chi connectivity index (χ4v) is 1.53. The Kier molecular flexibility index (Phi) is 3.55. The van der Waals surface area contributed by atoms with Crippen molar-refractivity contribution in [1.29, 1.82) is 0 Å². The summed E-state index contributed by atoms with van der Waals surface area (Å²) < 4.78 is 0. The Hall–Kier alpha value is -1.00. The van der Waals surface area contributed by atoms with Gasteiger partial charge in [0.1, 0.15) is 0 Å². The number of hydrogen-bond donors (Lipinski definition) is 2. The Bertz CT molecular complexity index is 309. The minimum absolute atomic E-state index is 0.143. The van der Waals surface area contributed by atoms with Gasteiger partial charge in [-0.2, -0.15) is 10.2 Å². The molecule has 0 saturated heterocycles. The van der Waals surface area contributed by atoms with Crippen LogP contribution in [0.3, 0.4) is 0 Å². The van der Waals surface area contributed by atoms with Gasteiger partial charge in [-0.05, 0) is 31.4 Å². The molecule has 0 amide bonds. The normalized spacial score (nSPS) is 13.3. The van der Waals surface area contributed by atoms with Crippen molar-refractivity contribution < 1.29 is 0 Å². The highest BCUT2D eigenvalue weighted by atomic mass is 15.2. The van der Waals surface area contributed by atoms with Crippen LogP contribution in [0.2, 0.25) is 0 Å². The van der Waals surface area contributed by atoms with E-state index in [1.54, 1.807) is 0 Å². The second-order valence-corrected chi connectivity index (χ2v) is 3.91. The van der Waals surface area contributed by atoms with Gasteiger partial charge in [-0.15, -0.1) is 0 Å². The van der Waals surface area contributed by atoms with Gasteiger partial charge in [0.15, 0.2) is 0 Å². The largest absolute Gasteiger partial charge is 0.271 e. The van der Waals surface area contributed by atoms with Crippen molar-refractivity contribution in [2.24, 2.45) is 11.8 Å². The molecule has 0 aliphatic heterocycles. The summed E-state index contributed by atoms with van der Waals surface area (Å²) in [7, 11) is 0. The zero-order chi connectivity index (χ0) is 10.7. The van der Waals surface area contributed by atoms with Crippen LogP contribution >= 0.6 is 0 Å². The molecule has 14 heavy (non-hydrogen) atoms. The Morgan fingerprint density at radius 2 is 1.93 bits per heavy atom. The minimum Gasteiger partial charge on any atom is -0.271 e. The Balaban J connectivity index is 3.08. The van der Waals surface area contributed by atoms with Crippen LogP contribution < -0.4 is 11.3 Å². The molecule has 1 atom stereocenters. The molecule has 1 heterocycles. The summed E-state index contributed by atoms with van der Waals surface area (Å²) in [6.45, 7) is 8.14. The number of hydrogen-bond acceptors (Lipinski definition) is 4. The van der Waals surface area contributed by atoms with Crippen molar-refractivity contribution >= 4 is 0 Å². The van der Waals surface area contributed by atoms with E-state index in [-0.39, 0.29) is 6.04 Å². The average Bonchev–Trinajstić information content (AvgIpc) is 2.11. The quantitative estimate of drug-likeness (QED) is 0.561. The maximum absolute atomic E-state index is 5.53. The molecule has 0 aliphatic rings. The Morgan fingerprint density at radius 1 is 1.29 bits per heavy atom. The Labute approximate surface area is 84.9 Å². The van der Waals surface area contributed by atoms with Crippen LogP contribution in [0, 0.1) is 19.8 Å². The van der Waals surface area contributed by atoms with Crippen molar-refractivity contribution in [3.05, 3.63) is 23.0 Å². The zero-order valence-corrected chi connectivity index (χ0v) is 9.20. The van der Waals surface area contributed by atoms with Gasteiger partial charge in [0.25, 0.3) is 0 Å². The summed E-state index contributed by atoms with van der Waals surface area (Å²) in [5.74, 6) is 5.96. The highest BCUT2D eigenvalue weighted by Gasteiger charge is 2.17. The Morgan fingerprint density at radius 3 is 2.43 bits per heavy atom. The second-order valence-electron chi connectivity index (χ2n) is 3.91. The van der Waals surface area contributed by atoms with Gasteiger partial charge in [0.2, 0.25) is 0 Å². The number of hydrazine groups is 1. The van der Waals surface area contributed by atoms with Gasteiger partial charge in [-0.3, -0.25) is 11.3 Å². The number of rotatable bonds is 3. The summed E-state index contributed by atoms with van der Waals surface area (Å²) >= 11 is 0. The van der Waals surface area contributed by atoms with E-state index in [0.717, 1.165) is 17.0 Å². The van der Waals surface area contributed by atoms with Gasteiger partial charge in [-0.25, -0.2) is 0 Å². The molecule has 0 aromatic carbocycles. The molecular weight excluding hydrogens is 176 g/mol. The van der Waals surface area contributed by atoms with Crippen molar-refractivity contribution in [2.45, 2.75) is 33.7 Å². The number of aryl methyl sites for hydroxylation is 2. The maximum atomic E-state index is 5.53. The molecule has 78 valence electrons. The molecule has 4 nitrogen and oxygen atoms in total. The molecule has 3 N–H and O–H groups in total.